The molecule has 3 amide bonds. The topological polar surface area (TPSA) is 98.7 Å². The van der Waals surface area contributed by atoms with Crippen LogP contribution in [-0.2, 0) is 9.59 Å². The molecular formula is C13H21N3O4. The van der Waals surface area contributed by atoms with Gasteiger partial charge in [0.05, 0.1) is 0 Å². The lowest BCUT2D eigenvalue weighted by Gasteiger charge is -2.38. The number of aliphatic carboxylic acids is 1. The maximum absolute atomic E-state index is 12.2. The molecule has 20 heavy (non-hydrogen) atoms. The number of hydrogen-bond acceptors (Lipinski definition) is 3. The van der Waals surface area contributed by atoms with E-state index in [9.17, 15) is 19.5 Å². The van der Waals surface area contributed by atoms with E-state index in [0.29, 0.717) is 25.9 Å². The van der Waals surface area contributed by atoms with Crippen molar-refractivity contribution in [2.45, 2.75) is 44.7 Å². The Balaban J connectivity index is 1.96. The first-order valence-electron chi connectivity index (χ1n) is 7.05. The van der Waals surface area contributed by atoms with E-state index < -0.39 is 12.0 Å². The first-order chi connectivity index (χ1) is 9.49. The molecule has 3 atom stereocenters. The van der Waals surface area contributed by atoms with E-state index in [2.05, 4.69) is 10.6 Å². The molecule has 7 nitrogen and oxygen atoms in total. The van der Waals surface area contributed by atoms with Crippen molar-refractivity contribution in [2.75, 3.05) is 13.1 Å². The van der Waals surface area contributed by atoms with Gasteiger partial charge < -0.3 is 20.6 Å². The monoisotopic (exact) mass is 283 g/mol. The van der Waals surface area contributed by atoms with E-state index in [0.717, 1.165) is 12.8 Å². The summed E-state index contributed by atoms with van der Waals surface area (Å²) in [6.45, 7) is 2.73. The summed E-state index contributed by atoms with van der Waals surface area (Å²) in [7, 11) is 0. The molecule has 0 radical (unpaired) electrons. The Labute approximate surface area is 117 Å². The summed E-state index contributed by atoms with van der Waals surface area (Å²) in [6.07, 6.45) is 2.63. The number of rotatable bonds is 2. The number of amides is 3. The number of hydrogen-bond donors (Lipinski definition) is 3. The molecule has 0 saturated carbocycles. The number of piperidine rings is 2. The molecule has 2 saturated heterocycles. The molecular weight excluding hydrogens is 262 g/mol. The van der Waals surface area contributed by atoms with Gasteiger partial charge in [-0.15, -0.1) is 0 Å². The van der Waals surface area contributed by atoms with Gasteiger partial charge in [0.1, 0.15) is 6.04 Å². The quantitative estimate of drug-likeness (QED) is 0.672. The second-order valence-corrected chi connectivity index (χ2v) is 5.59. The van der Waals surface area contributed by atoms with Crippen LogP contribution >= 0.6 is 0 Å². The van der Waals surface area contributed by atoms with Gasteiger partial charge in [0, 0.05) is 25.6 Å². The minimum Gasteiger partial charge on any atom is -0.480 e. The van der Waals surface area contributed by atoms with Gasteiger partial charge in [-0.05, 0) is 25.2 Å². The summed E-state index contributed by atoms with van der Waals surface area (Å²) in [6, 6.07) is -1.22. The number of carbonyl (C=O) groups excluding carboxylic acids is 2. The summed E-state index contributed by atoms with van der Waals surface area (Å²) in [5, 5.41) is 14.8. The number of nitrogens with zero attached hydrogens (tertiary/aromatic N) is 1. The average molecular weight is 283 g/mol. The van der Waals surface area contributed by atoms with Crippen LogP contribution in [0.5, 0.6) is 0 Å². The van der Waals surface area contributed by atoms with Crippen LogP contribution < -0.4 is 10.6 Å². The smallest absolute Gasteiger partial charge is 0.326 e. The van der Waals surface area contributed by atoms with Crippen molar-refractivity contribution in [2.24, 2.45) is 5.92 Å². The summed E-state index contributed by atoms with van der Waals surface area (Å²) < 4.78 is 0. The van der Waals surface area contributed by atoms with E-state index in [1.165, 1.54) is 4.90 Å². The maximum atomic E-state index is 12.2. The van der Waals surface area contributed by atoms with E-state index in [-0.39, 0.29) is 23.9 Å². The highest BCUT2D eigenvalue weighted by Gasteiger charge is 2.37. The molecule has 0 aromatic heterocycles. The van der Waals surface area contributed by atoms with Gasteiger partial charge in [-0.1, -0.05) is 6.92 Å². The number of carboxylic acids is 1. The molecule has 3 unspecified atom stereocenters. The zero-order valence-corrected chi connectivity index (χ0v) is 11.6. The highest BCUT2D eigenvalue weighted by molar-refractivity contribution is 5.83. The Bertz CT molecular complexity index is 402. The van der Waals surface area contributed by atoms with Crippen LogP contribution in [0.1, 0.15) is 32.6 Å². The Morgan fingerprint density at radius 2 is 2.15 bits per heavy atom. The van der Waals surface area contributed by atoms with Crippen molar-refractivity contribution < 1.29 is 19.5 Å². The predicted molar refractivity (Wildman–Crippen MR) is 71.1 cm³/mol. The second kappa shape index (κ2) is 6.11. The Hall–Kier alpha value is -1.79. The predicted octanol–water partition coefficient (Wildman–Crippen LogP) is 0.160. The molecule has 2 rings (SSSR count). The molecule has 7 heteroatoms. The van der Waals surface area contributed by atoms with Crippen LogP contribution in [0.2, 0.25) is 0 Å². The third kappa shape index (κ3) is 3.20. The largest absolute Gasteiger partial charge is 0.480 e. The fraction of sp³-hybridized carbons (Fsp3) is 0.769. The lowest BCUT2D eigenvalue weighted by atomic mass is 9.91. The number of likely N-dealkylation sites (tertiary alicyclic amines) is 1. The van der Waals surface area contributed by atoms with E-state index in [4.69, 9.17) is 0 Å². The first kappa shape index (κ1) is 14.6. The lowest BCUT2D eigenvalue weighted by molar-refractivity contribution is -0.145. The number of carbonyl (C=O) groups is 3. The zero-order valence-electron chi connectivity index (χ0n) is 11.6. The number of nitrogens with one attached hydrogen (secondary N) is 2. The molecule has 0 aromatic carbocycles. The second-order valence-electron chi connectivity index (χ2n) is 5.59. The minimum atomic E-state index is -0.954. The maximum Gasteiger partial charge on any atom is 0.326 e. The zero-order chi connectivity index (χ0) is 14.7. The van der Waals surface area contributed by atoms with Crippen LogP contribution in [0.25, 0.3) is 0 Å². The molecule has 2 heterocycles. The molecule has 2 fully saturated rings. The van der Waals surface area contributed by atoms with Gasteiger partial charge in [-0.25, -0.2) is 9.59 Å². The van der Waals surface area contributed by atoms with Crippen LogP contribution in [0.4, 0.5) is 4.79 Å². The number of carboxylic acid groups (broad SMARTS) is 1. The van der Waals surface area contributed by atoms with Gasteiger partial charge in [0.15, 0.2) is 0 Å². The third-order valence-corrected chi connectivity index (χ3v) is 4.04. The Morgan fingerprint density at radius 3 is 2.75 bits per heavy atom. The van der Waals surface area contributed by atoms with Gasteiger partial charge in [-0.2, -0.15) is 0 Å². The molecule has 3 N–H and O–H groups in total. The lowest BCUT2D eigenvalue weighted by Crippen LogP contribution is -2.58. The molecule has 0 spiro atoms. The van der Waals surface area contributed by atoms with Crippen molar-refractivity contribution in [3.05, 3.63) is 0 Å². The number of urea groups is 1. The van der Waals surface area contributed by atoms with Gasteiger partial charge in [-0.3, -0.25) is 4.79 Å². The van der Waals surface area contributed by atoms with Crippen molar-refractivity contribution in [3.8, 4) is 0 Å². The van der Waals surface area contributed by atoms with E-state index in [1.807, 2.05) is 6.92 Å². The van der Waals surface area contributed by atoms with E-state index >= 15 is 0 Å². The fourth-order valence-corrected chi connectivity index (χ4v) is 2.91. The SMILES string of the molecule is CC1CCCN(C(=O)NC2CCC(=O)NC2)C1C(=O)O. The van der Waals surface area contributed by atoms with E-state index in [1.54, 1.807) is 0 Å². The Kier molecular flexibility index (Phi) is 4.46. The van der Waals surface area contributed by atoms with Crippen LogP contribution in [0.3, 0.4) is 0 Å². The summed E-state index contributed by atoms with van der Waals surface area (Å²) in [4.78, 5) is 36.1. The fourth-order valence-electron chi connectivity index (χ4n) is 2.91. The summed E-state index contributed by atoms with van der Waals surface area (Å²) >= 11 is 0. The molecule has 2 aliphatic rings. The Morgan fingerprint density at radius 1 is 1.40 bits per heavy atom. The first-order valence-corrected chi connectivity index (χ1v) is 7.05. The average Bonchev–Trinajstić information content (AvgIpc) is 2.40. The molecule has 0 bridgehead atoms. The van der Waals surface area contributed by atoms with Crippen molar-refractivity contribution in [1.29, 1.82) is 0 Å². The van der Waals surface area contributed by atoms with Crippen molar-refractivity contribution >= 4 is 17.9 Å². The minimum absolute atomic E-state index is 0.00879. The molecule has 112 valence electrons. The van der Waals surface area contributed by atoms with Gasteiger partial charge in [0.25, 0.3) is 0 Å². The summed E-state index contributed by atoms with van der Waals surface area (Å²) in [5.41, 5.74) is 0. The van der Waals surface area contributed by atoms with Crippen molar-refractivity contribution in [3.63, 3.8) is 0 Å². The van der Waals surface area contributed by atoms with Crippen LogP contribution in [0, 0.1) is 5.92 Å². The molecule has 2 aliphatic heterocycles. The van der Waals surface area contributed by atoms with Gasteiger partial charge in [0.2, 0.25) is 5.91 Å². The van der Waals surface area contributed by atoms with Crippen LogP contribution in [0.15, 0.2) is 0 Å². The third-order valence-electron chi connectivity index (χ3n) is 4.04. The van der Waals surface area contributed by atoms with Crippen molar-refractivity contribution in [1.82, 2.24) is 15.5 Å². The molecule has 0 aromatic rings. The highest BCUT2D eigenvalue weighted by atomic mass is 16.4. The van der Waals surface area contributed by atoms with Gasteiger partial charge >= 0.3 is 12.0 Å². The van der Waals surface area contributed by atoms with Crippen LogP contribution in [-0.4, -0.2) is 53.1 Å². The highest BCUT2D eigenvalue weighted by Crippen LogP contribution is 2.23. The molecule has 0 aliphatic carbocycles. The standard InChI is InChI=1S/C13H21N3O4/c1-8-3-2-6-16(11(8)12(18)19)13(20)15-9-4-5-10(17)14-7-9/h8-9,11H,2-7H2,1H3,(H,14,17)(H,15,20)(H,18,19). The normalized spacial score (nSPS) is 30.6. The summed E-state index contributed by atoms with van der Waals surface area (Å²) in [5.74, 6) is -1.01.